The largest absolute Gasteiger partial charge is 0.397 e. The molecule has 3 N–H and O–H groups in total. The van der Waals surface area contributed by atoms with Crippen molar-refractivity contribution >= 4 is 11.6 Å². The van der Waals surface area contributed by atoms with E-state index in [0.29, 0.717) is 17.3 Å². The highest BCUT2D eigenvalue weighted by molar-refractivity contribution is 5.93. The van der Waals surface area contributed by atoms with E-state index in [-0.39, 0.29) is 5.91 Å². The number of amides is 1. The van der Waals surface area contributed by atoms with E-state index in [2.05, 4.69) is 5.32 Å². The average Bonchev–Trinajstić information content (AvgIpc) is 3.01. The SMILES string of the molecule is Cn1cc(N)cc1C(=O)NCC1CC2CCC1C2. The van der Waals surface area contributed by atoms with Crippen molar-refractivity contribution in [1.29, 1.82) is 0 Å². The van der Waals surface area contributed by atoms with E-state index in [1.54, 1.807) is 16.8 Å². The summed E-state index contributed by atoms with van der Waals surface area (Å²) in [5, 5.41) is 3.06. The number of hydrogen-bond acceptors (Lipinski definition) is 2. The molecule has 0 aromatic carbocycles. The van der Waals surface area contributed by atoms with Crippen LogP contribution in [0.4, 0.5) is 5.69 Å². The highest BCUT2D eigenvalue weighted by Gasteiger charge is 2.39. The minimum atomic E-state index is -0.00280. The smallest absolute Gasteiger partial charge is 0.267 e. The molecule has 1 aromatic rings. The lowest BCUT2D eigenvalue weighted by atomic mass is 9.89. The zero-order valence-electron chi connectivity index (χ0n) is 10.9. The first-order chi connectivity index (χ1) is 8.63. The number of fused-ring (bicyclic) bond motifs is 2. The molecule has 3 unspecified atom stereocenters. The maximum Gasteiger partial charge on any atom is 0.267 e. The molecule has 1 aromatic heterocycles. The van der Waals surface area contributed by atoms with E-state index in [4.69, 9.17) is 5.73 Å². The second kappa shape index (κ2) is 4.34. The number of carbonyl (C=O) groups is 1. The van der Waals surface area contributed by atoms with Crippen molar-refractivity contribution in [2.24, 2.45) is 24.8 Å². The van der Waals surface area contributed by atoms with Gasteiger partial charge in [-0.2, -0.15) is 0 Å². The summed E-state index contributed by atoms with van der Waals surface area (Å²) < 4.78 is 1.78. The first-order valence-corrected chi connectivity index (χ1v) is 6.83. The Balaban J connectivity index is 1.57. The standard InChI is InChI=1S/C14H21N3O/c1-17-8-12(15)6-13(17)14(18)16-7-11-5-9-2-3-10(11)4-9/h6,8-11H,2-5,7,15H2,1H3,(H,16,18). The average molecular weight is 247 g/mol. The lowest BCUT2D eigenvalue weighted by Crippen LogP contribution is -2.32. The normalized spacial score (nSPS) is 29.7. The fourth-order valence-corrected chi connectivity index (χ4v) is 3.76. The van der Waals surface area contributed by atoms with Crippen molar-refractivity contribution in [2.45, 2.75) is 25.7 Å². The summed E-state index contributed by atoms with van der Waals surface area (Å²) >= 11 is 0. The van der Waals surface area contributed by atoms with Gasteiger partial charge in [-0.25, -0.2) is 0 Å². The van der Waals surface area contributed by atoms with Gasteiger partial charge in [0.25, 0.3) is 5.91 Å². The Bertz CT molecular complexity index is 466. The van der Waals surface area contributed by atoms with Crippen LogP contribution in [0.3, 0.4) is 0 Å². The number of carbonyl (C=O) groups excluding carboxylic acids is 1. The quantitative estimate of drug-likeness (QED) is 0.855. The fraction of sp³-hybridized carbons (Fsp3) is 0.643. The predicted molar refractivity (Wildman–Crippen MR) is 71.1 cm³/mol. The molecule has 2 bridgehead atoms. The molecule has 2 aliphatic rings. The molecule has 1 amide bonds. The number of nitrogens with one attached hydrogen (secondary N) is 1. The van der Waals surface area contributed by atoms with E-state index >= 15 is 0 Å². The lowest BCUT2D eigenvalue weighted by Gasteiger charge is -2.21. The van der Waals surface area contributed by atoms with Gasteiger partial charge in [0.15, 0.2) is 0 Å². The summed E-state index contributed by atoms with van der Waals surface area (Å²) in [7, 11) is 1.85. The zero-order chi connectivity index (χ0) is 12.7. The molecule has 2 saturated carbocycles. The van der Waals surface area contributed by atoms with E-state index < -0.39 is 0 Å². The number of rotatable bonds is 3. The summed E-state index contributed by atoms with van der Waals surface area (Å²) in [6.45, 7) is 0.824. The van der Waals surface area contributed by atoms with Gasteiger partial charge < -0.3 is 15.6 Å². The van der Waals surface area contributed by atoms with Crippen LogP contribution in [-0.2, 0) is 7.05 Å². The fourth-order valence-electron chi connectivity index (χ4n) is 3.76. The molecule has 3 atom stereocenters. The molecule has 4 heteroatoms. The molecule has 3 rings (SSSR count). The minimum Gasteiger partial charge on any atom is -0.397 e. The summed E-state index contributed by atoms with van der Waals surface area (Å²) in [4.78, 5) is 12.1. The number of nitrogen functional groups attached to an aromatic ring is 1. The van der Waals surface area contributed by atoms with E-state index in [1.165, 1.54) is 25.7 Å². The molecule has 0 spiro atoms. The van der Waals surface area contributed by atoms with Crippen LogP contribution in [0.1, 0.15) is 36.2 Å². The van der Waals surface area contributed by atoms with Crippen LogP contribution in [0, 0.1) is 17.8 Å². The van der Waals surface area contributed by atoms with Gasteiger partial charge >= 0.3 is 0 Å². The number of aromatic nitrogens is 1. The Morgan fingerprint density at radius 2 is 2.33 bits per heavy atom. The third-order valence-corrected chi connectivity index (χ3v) is 4.67. The van der Waals surface area contributed by atoms with Crippen LogP contribution in [0.15, 0.2) is 12.3 Å². The molecule has 1 heterocycles. The summed E-state index contributed by atoms with van der Waals surface area (Å²) in [6, 6.07) is 1.73. The lowest BCUT2D eigenvalue weighted by molar-refractivity contribution is 0.0933. The van der Waals surface area contributed by atoms with Gasteiger partial charge in [0.05, 0.1) is 5.69 Å². The number of hydrogen-bond donors (Lipinski definition) is 2. The highest BCUT2D eigenvalue weighted by atomic mass is 16.1. The monoisotopic (exact) mass is 247 g/mol. The van der Waals surface area contributed by atoms with Crippen molar-refractivity contribution in [2.75, 3.05) is 12.3 Å². The van der Waals surface area contributed by atoms with Gasteiger partial charge in [-0.3, -0.25) is 4.79 Å². The molecule has 2 aliphatic carbocycles. The molecule has 0 aliphatic heterocycles. The van der Waals surface area contributed by atoms with Crippen molar-refractivity contribution in [3.8, 4) is 0 Å². The van der Waals surface area contributed by atoms with Crippen LogP contribution in [0.2, 0.25) is 0 Å². The summed E-state index contributed by atoms with van der Waals surface area (Å²) in [6.07, 6.45) is 7.23. The van der Waals surface area contributed by atoms with Crippen molar-refractivity contribution in [3.05, 3.63) is 18.0 Å². The van der Waals surface area contributed by atoms with E-state index in [0.717, 1.165) is 18.4 Å². The number of nitrogens with zero attached hydrogens (tertiary/aromatic N) is 1. The minimum absolute atomic E-state index is 0.00280. The molecule has 0 radical (unpaired) electrons. The van der Waals surface area contributed by atoms with Crippen LogP contribution >= 0.6 is 0 Å². The summed E-state index contributed by atoms with van der Waals surface area (Å²) in [5.41, 5.74) is 6.97. The maximum absolute atomic E-state index is 12.1. The van der Waals surface area contributed by atoms with Crippen LogP contribution in [-0.4, -0.2) is 17.0 Å². The van der Waals surface area contributed by atoms with Crippen molar-refractivity contribution in [3.63, 3.8) is 0 Å². The second-order valence-electron chi connectivity index (χ2n) is 5.91. The Hall–Kier alpha value is -1.45. The number of aryl methyl sites for hydroxylation is 1. The molecule has 2 fully saturated rings. The van der Waals surface area contributed by atoms with Gasteiger partial charge in [0, 0.05) is 19.8 Å². The topological polar surface area (TPSA) is 60.0 Å². The van der Waals surface area contributed by atoms with Gasteiger partial charge in [0.1, 0.15) is 5.69 Å². The number of anilines is 1. The van der Waals surface area contributed by atoms with E-state index in [9.17, 15) is 4.79 Å². The maximum atomic E-state index is 12.1. The molecule has 4 nitrogen and oxygen atoms in total. The molecule has 98 valence electrons. The van der Waals surface area contributed by atoms with Gasteiger partial charge in [-0.05, 0) is 43.1 Å². The Labute approximate surface area is 108 Å². The van der Waals surface area contributed by atoms with Crippen LogP contribution in [0.25, 0.3) is 0 Å². The van der Waals surface area contributed by atoms with Gasteiger partial charge in [0.2, 0.25) is 0 Å². The van der Waals surface area contributed by atoms with Crippen LogP contribution in [0.5, 0.6) is 0 Å². The second-order valence-corrected chi connectivity index (χ2v) is 5.91. The third kappa shape index (κ3) is 2.00. The molecule has 18 heavy (non-hydrogen) atoms. The van der Waals surface area contributed by atoms with Gasteiger partial charge in [-0.15, -0.1) is 0 Å². The Morgan fingerprint density at radius 3 is 2.89 bits per heavy atom. The van der Waals surface area contributed by atoms with Crippen molar-refractivity contribution in [1.82, 2.24) is 9.88 Å². The van der Waals surface area contributed by atoms with Gasteiger partial charge in [-0.1, -0.05) is 6.42 Å². The number of nitrogens with two attached hydrogens (primary N) is 1. The zero-order valence-corrected chi connectivity index (χ0v) is 10.9. The Kier molecular flexibility index (Phi) is 2.80. The highest BCUT2D eigenvalue weighted by Crippen LogP contribution is 2.47. The van der Waals surface area contributed by atoms with Crippen LogP contribution < -0.4 is 11.1 Å². The third-order valence-electron chi connectivity index (χ3n) is 4.67. The van der Waals surface area contributed by atoms with E-state index in [1.807, 2.05) is 7.05 Å². The first kappa shape index (κ1) is 11.6. The predicted octanol–water partition coefficient (Wildman–Crippen LogP) is 1.77. The molecular formula is C14H21N3O. The summed E-state index contributed by atoms with van der Waals surface area (Å²) in [5.74, 6) is 2.48. The van der Waals surface area contributed by atoms with Crippen molar-refractivity contribution < 1.29 is 4.79 Å². The molecular weight excluding hydrogens is 226 g/mol. The molecule has 0 saturated heterocycles. The Morgan fingerprint density at radius 1 is 1.50 bits per heavy atom. The first-order valence-electron chi connectivity index (χ1n) is 6.83.